The van der Waals surface area contributed by atoms with E-state index in [0.717, 1.165) is 24.0 Å². The molecule has 4 rings (SSSR count). The lowest BCUT2D eigenvalue weighted by atomic mass is 9.85. The Bertz CT molecular complexity index is 1010. The van der Waals surface area contributed by atoms with Crippen molar-refractivity contribution in [2.45, 2.75) is 77.0 Å². The number of hydrogen-bond donors (Lipinski definition) is 0. The molecule has 0 bridgehead atoms. The van der Waals surface area contributed by atoms with Gasteiger partial charge in [0, 0.05) is 19.6 Å². The Labute approximate surface area is 214 Å². The van der Waals surface area contributed by atoms with Crippen LogP contribution in [0.3, 0.4) is 0 Å². The molecule has 7 heteroatoms. The van der Waals surface area contributed by atoms with Gasteiger partial charge in [-0.15, -0.1) is 0 Å². The highest BCUT2D eigenvalue weighted by molar-refractivity contribution is 5.77. The molecule has 2 saturated heterocycles. The van der Waals surface area contributed by atoms with Gasteiger partial charge in [0.25, 0.3) is 0 Å². The number of benzene rings is 2. The second-order valence-electron chi connectivity index (χ2n) is 10.9. The maximum Gasteiger partial charge on any atom is 0.410 e. The van der Waals surface area contributed by atoms with Crippen molar-refractivity contribution in [3.05, 3.63) is 71.8 Å². The first-order chi connectivity index (χ1) is 17.2. The standard InChI is InChI=1S/C29H38N2O5/c1-22(34-18-23-12-7-5-8-13-23)25(26(32)35-19-24-14-9-6-10-15-24)30-20-29(21-30)16-11-17-31(29)27(33)36-28(2,3)4/h5-10,12-15,22,25H,11,16-21H2,1-4H3/t22-,25+/m1/s1. The summed E-state index contributed by atoms with van der Waals surface area (Å²) >= 11 is 0. The van der Waals surface area contributed by atoms with Gasteiger partial charge in [-0.3, -0.25) is 14.6 Å². The Balaban J connectivity index is 1.44. The Morgan fingerprint density at radius 3 is 2.11 bits per heavy atom. The van der Waals surface area contributed by atoms with Gasteiger partial charge in [0.2, 0.25) is 0 Å². The average molecular weight is 495 g/mol. The largest absolute Gasteiger partial charge is 0.460 e. The molecule has 1 spiro atoms. The number of likely N-dealkylation sites (tertiary alicyclic amines) is 2. The summed E-state index contributed by atoms with van der Waals surface area (Å²) in [4.78, 5) is 30.2. The van der Waals surface area contributed by atoms with Crippen LogP contribution in [0.2, 0.25) is 0 Å². The number of ether oxygens (including phenoxy) is 3. The van der Waals surface area contributed by atoms with Crippen LogP contribution in [-0.4, -0.2) is 64.8 Å². The molecule has 7 nitrogen and oxygen atoms in total. The van der Waals surface area contributed by atoms with E-state index in [-0.39, 0.29) is 30.3 Å². The molecule has 2 heterocycles. The third-order valence-corrected chi connectivity index (χ3v) is 6.86. The maximum absolute atomic E-state index is 13.4. The molecule has 2 aliphatic heterocycles. The zero-order valence-electron chi connectivity index (χ0n) is 21.8. The fourth-order valence-electron chi connectivity index (χ4n) is 5.12. The molecule has 0 radical (unpaired) electrons. The molecule has 0 unspecified atom stereocenters. The first-order valence-corrected chi connectivity index (χ1v) is 12.8. The summed E-state index contributed by atoms with van der Waals surface area (Å²) in [5.74, 6) is -0.309. The van der Waals surface area contributed by atoms with Crippen LogP contribution in [0.15, 0.2) is 60.7 Å². The molecule has 0 saturated carbocycles. The summed E-state index contributed by atoms with van der Waals surface area (Å²) in [5, 5.41) is 0. The lowest BCUT2D eigenvalue weighted by molar-refractivity contribution is -0.167. The van der Waals surface area contributed by atoms with Crippen LogP contribution in [0.25, 0.3) is 0 Å². The third kappa shape index (κ3) is 6.26. The second-order valence-corrected chi connectivity index (χ2v) is 10.9. The number of carbonyl (C=O) groups excluding carboxylic acids is 2. The minimum Gasteiger partial charge on any atom is -0.460 e. The Morgan fingerprint density at radius 1 is 0.944 bits per heavy atom. The Morgan fingerprint density at radius 2 is 1.53 bits per heavy atom. The fraction of sp³-hybridized carbons (Fsp3) is 0.517. The molecule has 2 aromatic rings. The van der Waals surface area contributed by atoms with E-state index in [1.54, 1.807) is 0 Å². The molecule has 0 N–H and O–H groups in total. The highest BCUT2D eigenvalue weighted by Crippen LogP contribution is 2.40. The van der Waals surface area contributed by atoms with Gasteiger partial charge in [-0.25, -0.2) is 4.79 Å². The summed E-state index contributed by atoms with van der Waals surface area (Å²) in [6.07, 6.45) is 1.16. The van der Waals surface area contributed by atoms with E-state index in [1.165, 1.54) is 0 Å². The molecule has 1 amide bonds. The van der Waals surface area contributed by atoms with E-state index in [2.05, 4.69) is 4.90 Å². The van der Waals surface area contributed by atoms with Crippen LogP contribution in [0, 0.1) is 0 Å². The van der Waals surface area contributed by atoms with Gasteiger partial charge in [-0.1, -0.05) is 60.7 Å². The van der Waals surface area contributed by atoms with E-state index >= 15 is 0 Å². The van der Waals surface area contributed by atoms with Crippen molar-refractivity contribution in [2.24, 2.45) is 0 Å². The summed E-state index contributed by atoms with van der Waals surface area (Å²) in [7, 11) is 0. The molecule has 0 aromatic heterocycles. The average Bonchev–Trinajstić information content (AvgIpc) is 3.27. The van der Waals surface area contributed by atoms with Crippen molar-refractivity contribution in [1.82, 2.24) is 9.80 Å². The molecule has 2 aromatic carbocycles. The molecule has 2 aliphatic rings. The van der Waals surface area contributed by atoms with Gasteiger partial charge >= 0.3 is 12.1 Å². The maximum atomic E-state index is 13.4. The van der Waals surface area contributed by atoms with Crippen molar-refractivity contribution in [3.63, 3.8) is 0 Å². The lowest BCUT2D eigenvalue weighted by Crippen LogP contribution is -2.73. The number of amides is 1. The number of nitrogens with zero attached hydrogens (tertiary/aromatic N) is 2. The predicted molar refractivity (Wildman–Crippen MR) is 137 cm³/mol. The van der Waals surface area contributed by atoms with Gasteiger partial charge in [-0.05, 0) is 51.7 Å². The topological polar surface area (TPSA) is 68.3 Å². The monoisotopic (exact) mass is 494 g/mol. The molecule has 36 heavy (non-hydrogen) atoms. The van der Waals surface area contributed by atoms with Gasteiger partial charge in [-0.2, -0.15) is 0 Å². The Hall–Kier alpha value is -2.90. The molecule has 0 aliphatic carbocycles. The summed E-state index contributed by atoms with van der Waals surface area (Å²) in [5.41, 5.74) is 1.13. The lowest BCUT2D eigenvalue weighted by Gasteiger charge is -2.55. The fourth-order valence-corrected chi connectivity index (χ4v) is 5.12. The SMILES string of the molecule is C[C@@H](OCc1ccccc1)[C@@H](C(=O)OCc1ccccc1)N1CC2(CCCN2C(=O)OC(C)(C)C)C1. The van der Waals surface area contributed by atoms with Crippen LogP contribution in [0.4, 0.5) is 4.79 Å². The summed E-state index contributed by atoms with van der Waals surface area (Å²) in [6.45, 7) is 10.0. The zero-order valence-corrected chi connectivity index (χ0v) is 21.8. The smallest absolute Gasteiger partial charge is 0.410 e. The van der Waals surface area contributed by atoms with Crippen molar-refractivity contribution >= 4 is 12.1 Å². The number of hydrogen-bond acceptors (Lipinski definition) is 6. The third-order valence-electron chi connectivity index (χ3n) is 6.86. The normalized spacial score (nSPS) is 18.9. The Kier molecular flexibility index (Phi) is 8.00. The summed E-state index contributed by atoms with van der Waals surface area (Å²) < 4.78 is 17.6. The van der Waals surface area contributed by atoms with E-state index in [9.17, 15) is 9.59 Å². The molecule has 2 atom stereocenters. The van der Waals surface area contributed by atoms with Crippen LogP contribution in [0.1, 0.15) is 51.7 Å². The van der Waals surface area contributed by atoms with Crippen molar-refractivity contribution in [2.75, 3.05) is 19.6 Å². The van der Waals surface area contributed by atoms with Gasteiger partial charge in [0.15, 0.2) is 0 Å². The van der Waals surface area contributed by atoms with Crippen LogP contribution < -0.4 is 0 Å². The minimum atomic E-state index is -0.566. The zero-order chi connectivity index (χ0) is 25.8. The van der Waals surface area contributed by atoms with E-state index in [0.29, 0.717) is 26.2 Å². The molecule has 194 valence electrons. The van der Waals surface area contributed by atoms with Crippen LogP contribution >= 0.6 is 0 Å². The molecular formula is C29H38N2O5. The summed E-state index contributed by atoms with van der Waals surface area (Å²) in [6, 6.07) is 19.0. The predicted octanol–water partition coefficient (Wildman–Crippen LogP) is 4.79. The number of esters is 1. The number of carbonyl (C=O) groups is 2. The van der Waals surface area contributed by atoms with E-state index in [1.807, 2.05) is 93.3 Å². The van der Waals surface area contributed by atoms with Gasteiger partial charge < -0.3 is 14.2 Å². The van der Waals surface area contributed by atoms with Crippen molar-refractivity contribution < 1.29 is 23.8 Å². The highest BCUT2D eigenvalue weighted by Gasteiger charge is 2.56. The number of rotatable bonds is 8. The van der Waals surface area contributed by atoms with Crippen molar-refractivity contribution in [1.29, 1.82) is 0 Å². The minimum absolute atomic E-state index is 0.213. The van der Waals surface area contributed by atoms with Gasteiger partial charge in [0.05, 0.1) is 18.2 Å². The first-order valence-electron chi connectivity index (χ1n) is 12.8. The highest BCUT2D eigenvalue weighted by atomic mass is 16.6. The van der Waals surface area contributed by atoms with E-state index < -0.39 is 11.6 Å². The molecule has 2 fully saturated rings. The van der Waals surface area contributed by atoms with Crippen LogP contribution in [-0.2, 0) is 32.2 Å². The van der Waals surface area contributed by atoms with Crippen LogP contribution in [0.5, 0.6) is 0 Å². The van der Waals surface area contributed by atoms with Crippen molar-refractivity contribution in [3.8, 4) is 0 Å². The van der Waals surface area contributed by atoms with Gasteiger partial charge in [0.1, 0.15) is 18.2 Å². The molecular weight excluding hydrogens is 456 g/mol. The first kappa shape index (κ1) is 26.2. The quantitative estimate of drug-likeness (QED) is 0.492. The van der Waals surface area contributed by atoms with E-state index in [4.69, 9.17) is 14.2 Å². The second kappa shape index (κ2) is 11.0.